The van der Waals surface area contributed by atoms with Crippen molar-refractivity contribution >= 4 is 41.5 Å². The van der Waals surface area contributed by atoms with Gasteiger partial charge in [-0.2, -0.15) is 0 Å². The molecule has 0 saturated carbocycles. The molecule has 0 aliphatic carbocycles. The minimum absolute atomic E-state index is 0. The highest BCUT2D eigenvalue weighted by Crippen LogP contribution is 2.30. The summed E-state index contributed by atoms with van der Waals surface area (Å²) in [6.07, 6.45) is 3.67. The molecule has 1 aromatic rings. The third-order valence-corrected chi connectivity index (χ3v) is 5.04. The molecule has 0 heterocycles. The molecular weight excluding hydrogens is 467 g/mol. The van der Waals surface area contributed by atoms with Gasteiger partial charge in [0.15, 0.2) is 5.96 Å². The van der Waals surface area contributed by atoms with E-state index >= 15 is 0 Å². The number of aliphatic hydroxyl groups excluding tert-OH is 1. The Kier molecular flexibility index (Phi) is 13.9. The van der Waals surface area contributed by atoms with Crippen molar-refractivity contribution in [1.82, 2.24) is 10.6 Å². The van der Waals surface area contributed by atoms with Crippen LogP contribution in [0.3, 0.4) is 0 Å². The number of rotatable bonds is 11. The third kappa shape index (κ3) is 9.73. The van der Waals surface area contributed by atoms with Gasteiger partial charge in [0, 0.05) is 38.9 Å². The highest BCUT2D eigenvalue weighted by atomic mass is 127. The molecule has 1 amide bonds. The summed E-state index contributed by atoms with van der Waals surface area (Å²) in [5, 5.41) is 18.8. The number of hydrogen-bond acceptors (Lipinski definition) is 3. The second-order valence-corrected chi connectivity index (χ2v) is 6.93. The molecule has 28 heavy (non-hydrogen) atoms. The average molecular weight is 504 g/mol. The van der Waals surface area contributed by atoms with Crippen molar-refractivity contribution < 1.29 is 9.90 Å². The second kappa shape index (κ2) is 14.6. The third-order valence-electron chi connectivity index (χ3n) is 5.04. The van der Waals surface area contributed by atoms with E-state index in [4.69, 9.17) is 4.99 Å². The molecule has 7 heteroatoms. The number of amides is 1. The van der Waals surface area contributed by atoms with Gasteiger partial charge in [-0.25, -0.2) is 0 Å². The van der Waals surface area contributed by atoms with Crippen molar-refractivity contribution in [3.63, 3.8) is 0 Å². The van der Waals surface area contributed by atoms with Gasteiger partial charge in [-0.15, -0.1) is 24.0 Å². The fourth-order valence-corrected chi connectivity index (χ4v) is 3.02. The summed E-state index contributed by atoms with van der Waals surface area (Å²) < 4.78 is 0. The largest absolute Gasteiger partial charge is 0.396 e. The van der Waals surface area contributed by atoms with Gasteiger partial charge in [-0.05, 0) is 55.7 Å². The predicted molar refractivity (Wildman–Crippen MR) is 129 cm³/mol. The highest BCUT2D eigenvalue weighted by Gasteiger charge is 2.25. The molecule has 6 nitrogen and oxygen atoms in total. The lowest BCUT2D eigenvalue weighted by atomic mass is 9.79. The van der Waals surface area contributed by atoms with E-state index in [0.717, 1.165) is 50.4 Å². The summed E-state index contributed by atoms with van der Waals surface area (Å²) in [7, 11) is 0. The zero-order valence-electron chi connectivity index (χ0n) is 17.7. The fourth-order valence-electron chi connectivity index (χ4n) is 3.02. The van der Waals surface area contributed by atoms with Crippen LogP contribution >= 0.6 is 24.0 Å². The van der Waals surface area contributed by atoms with Crippen LogP contribution in [0.5, 0.6) is 0 Å². The highest BCUT2D eigenvalue weighted by molar-refractivity contribution is 14.0. The van der Waals surface area contributed by atoms with Gasteiger partial charge in [0.25, 0.3) is 0 Å². The van der Waals surface area contributed by atoms with Crippen LogP contribution in [0.1, 0.15) is 52.5 Å². The minimum Gasteiger partial charge on any atom is -0.396 e. The van der Waals surface area contributed by atoms with Crippen LogP contribution in [0.4, 0.5) is 5.69 Å². The Balaban J connectivity index is 0.00000729. The number of nitrogens with one attached hydrogen (secondary N) is 3. The number of hydrogen-bond donors (Lipinski definition) is 4. The molecule has 0 fully saturated rings. The number of aliphatic hydroxyl groups is 1. The molecule has 0 spiro atoms. The fraction of sp³-hybridized carbons (Fsp3) is 0.619. The molecule has 4 N–H and O–H groups in total. The van der Waals surface area contributed by atoms with Gasteiger partial charge in [0.05, 0.1) is 0 Å². The maximum Gasteiger partial charge on any atom is 0.221 e. The van der Waals surface area contributed by atoms with Gasteiger partial charge in [0.2, 0.25) is 5.91 Å². The Morgan fingerprint density at radius 3 is 2.25 bits per heavy atom. The number of guanidine groups is 1. The van der Waals surface area contributed by atoms with E-state index < -0.39 is 0 Å². The number of carbonyl (C=O) groups excluding carboxylic acids is 1. The Morgan fingerprint density at radius 2 is 1.75 bits per heavy atom. The van der Waals surface area contributed by atoms with Gasteiger partial charge < -0.3 is 21.1 Å². The molecule has 0 atom stereocenters. The molecule has 0 aliphatic heterocycles. The molecule has 160 valence electrons. The van der Waals surface area contributed by atoms with Crippen LogP contribution in [-0.4, -0.2) is 43.2 Å². The quantitative estimate of drug-likeness (QED) is 0.211. The number of halogens is 1. The van der Waals surface area contributed by atoms with E-state index in [2.05, 4.69) is 36.7 Å². The normalized spacial score (nSPS) is 11.5. The van der Waals surface area contributed by atoms with Crippen LogP contribution in [0.25, 0.3) is 0 Å². The SMILES string of the molecule is CCNC(=NCC(CC)(CC)CCO)NCCc1ccc(NC(C)=O)cc1.I. The zero-order chi connectivity index (χ0) is 20.1. The summed E-state index contributed by atoms with van der Waals surface area (Å²) in [5.74, 6) is 0.754. The Labute approximate surface area is 187 Å². The van der Waals surface area contributed by atoms with Crippen molar-refractivity contribution in [3.8, 4) is 0 Å². The molecule has 0 bridgehead atoms. The molecule has 1 rings (SSSR count). The van der Waals surface area contributed by atoms with Crippen molar-refractivity contribution in [2.45, 2.75) is 53.4 Å². The molecule has 0 radical (unpaired) electrons. The van der Waals surface area contributed by atoms with Gasteiger partial charge >= 0.3 is 0 Å². The van der Waals surface area contributed by atoms with E-state index in [1.807, 2.05) is 24.3 Å². The van der Waals surface area contributed by atoms with Crippen LogP contribution in [0, 0.1) is 5.41 Å². The lowest BCUT2D eigenvalue weighted by Crippen LogP contribution is -2.39. The van der Waals surface area contributed by atoms with E-state index in [0.29, 0.717) is 6.54 Å². The monoisotopic (exact) mass is 504 g/mol. The van der Waals surface area contributed by atoms with Crippen molar-refractivity contribution in [2.24, 2.45) is 10.4 Å². The van der Waals surface area contributed by atoms with Gasteiger partial charge in [0.1, 0.15) is 0 Å². The summed E-state index contributed by atoms with van der Waals surface area (Å²) >= 11 is 0. The zero-order valence-corrected chi connectivity index (χ0v) is 20.0. The number of anilines is 1. The van der Waals surface area contributed by atoms with E-state index in [-0.39, 0.29) is 41.9 Å². The van der Waals surface area contributed by atoms with Gasteiger partial charge in [-0.1, -0.05) is 26.0 Å². The number of aliphatic imine (C=N–C) groups is 1. The van der Waals surface area contributed by atoms with Crippen LogP contribution < -0.4 is 16.0 Å². The first-order valence-corrected chi connectivity index (χ1v) is 9.98. The summed E-state index contributed by atoms with van der Waals surface area (Å²) in [6, 6.07) is 7.89. The van der Waals surface area contributed by atoms with Crippen molar-refractivity contribution in [2.75, 3.05) is 31.6 Å². The van der Waals surface area contributed by atoms with Crippen molar-refractivity contribution in [1.29, 1.82) is 0 Å². The Hall–Kier alpha value is -1.35. The van der Waals surface area contributed by atoms with E-state index in [9.17, 15) is 9.90 Å². The number of nitrogens with zero attached hydrogens (tertiary/aromatic N) is 1. The molecule has 0 aliphatic rings. The Morgan fingerprint density at radius 1 is 1.11 bits per heavy atom. The number of benzene rings is 1. The lowest BCUT2D eigenvalue weighted by Gasteiger charge is -2.29. The first-order chi connectivity index (χ1) is 13.0. The maximum atomic E-state index is 11.1. The molecular formula is C21H37IN4O2. The second-order valence-electron chi connectivity index (χ2n) is 6.93. The topological polar surface area (TPSA) is 85.8 Å². The van der Waals surface area contributed by atoms with Crippen LogP contribution in [0.2, 0.25) is 0 Å². The first kappa shape index (κ1) is 26.6. The van der Waals surface area contributed by atoms with Gasteiger partial charge in [-0.3, -0.25) is 9.79 Å². The lowest BCUT2D eigenvalue weighted by molar-refractivity contribution is -0.114. The predicted octanol–water partition coefficient (Wildman–Crippen LogP) is 3.55. The number of carbonyl (C=O) groups is 1. The Bertz CT molecular complexity index is 587. The molecule has 0 unspecified atom stereocenters. The van der Waals surface area contributed by atoms with Crippen LogP contribution in [-0.2, 0) is 11.2 Å². The summed E-state index contributed by atoms with van der Waals surface area (Å²) in [6.45, 7) is 10.4. The molecule has 0 aromatic heterocycles. The summed E-state index contributed by atoms with van der Waals surface area (Å²) in [4.78, 5) is 15.8. The average Bonchev–Trinajstić information content (AvgIpc) is 2.66. The van der Waals surface area contributed by atoms with E-state index in [1.54, 1.807) is 0 Å². The van der Waals surface area contributed by atoms with Crippen molar-refractivity contribution in [3.05, 3.63) is 29.8 Å². The molecule has 1 aromatic carbocycles. The van der Waals surface area contributed by atoms with E-state index in [1.165, 1.54) is 12.5 Å². The molecule has 0 saturated heterocycles. The minimum atomic E-state index is -0.0626. The summed E-state index contributed by atoms with van der Waals surface area (Å²) in [5.41, 5.74) is 2.08. The standard InChI is InChI=1S/C21H36N4O2.HI/c1-5-21(6-2,13-15-26)16-24-20(22-7-3)23-14-12-18-8-10-19(11-9-18)25-17(4)27;/h8-11,26H,5-7,12-16H2,1-4H3,(H,25,27)(H2,22,23,24);1H. The maximum absolute atomic E-state index is 11.1. The first-order valence-electron chi connectivity index (χ1n) is 9.98. The van der Waals surface area contributed by atoms with Crippen LogP contribution in [0.15, 0.2) is 29.3 Å². The smallest absolute Gasteiger partial charge is 0.221 e.